The number of carbonyl (C=O) groups is 1. The molecule has 3 rings (SSSR count). The number of allylic oxidation sites excluding steroid dienone is 1. The summed E-state index contributed by atoms with van der Waals surface area (Å²) < 4.78 is 16.3. The summed E-state index contributed by atoms with van der Waals surface area (Å²) in [7, 11) is 3.16. The van der Waals surface area contributed by atoms with Crippen LogP contribution >= 0.6 is 23.6 Å². The molecule has 0 spiro atoms. The van der Waals surface area contributed by atoms with Gasteiger partial charge >= 0.3 is 5.97 Å². The lowest BCUT2D eigenvalue weighted by atomic mass is 10.00. The Hall–Kier alpha value is -2.58. The summed E-state index contributed by atoms with van der Waals surface area (Å²) in [6.45, 7) is 5.54. The van der Waals surface area contributed by atoms with Crippen LogP contribution in [0.1, 0.15) is 31.7 Å². The SMILES string of the molecule is COc1ccc(N2C(=S)N[C@@H](c3cccs3)C(C(=O)OC(C)C)=C2C)cc1OC. The molecule has 6 nitrogen and oxygen atoms in total. The van der Waals surface area contributed by atoms with Crippen molar-refractivity contribution in [2.45, 2.75) is 32.9 Å². The molecule has 1 atom stereocenters. The van der Waals surface area contributed by atoms with Crippen molar-refractivity contribution in [2.24, 2.45) is 0 Å². The van der Waals surface area contributed by atoms with Crippen molar-refractivity contribution in [3.05, 3.63) is 51.9 Å². The molecule has 0 fully saturated rings. The summed E-state index contributed by atoms with van der Waals surface area (Å²) in [6, 6.07) is 9.08. The molecule has 2 aromatic rings. The minimum absolute atomic E-state index is 0.227. The monoisotopic (exact) mass is 432 g/mol. The fraction of sp³-hybridized carbons (Fsp3) is 0.333. The standard InChI is InChI=1S/C21H24N2O4S2/c1-12(2)27-20(24)18-13(3)23(14-8-9-15(25-4)16(11-14)26-5)21(28)22-19(18)17-7-6-10-29-17/h6-12,19H,1-5H3,(H,22,28)/t19-/m0/s1. The molecule has 0 saturated carbocycles. The van der Waals surface area contributed by atoms with Crippen LogP contribution in [0.4, 0.5) is 5.69 Å². The summed E-state index contributed by atoms with van der Waals surface area (Å²) in [5, 5.41) is 5.77. The third kappa shape index (κ3) is 4.23. The van der Waals surface area contributed by atoms with Gasteiger partial charge in [-0.2, -0.15) is 0 Å². The van der Waals surface area contributed by atoms with E-state index in [4.69, 9.17) is 26.4 Å². The second-order valence-corrected chi connectivity index (χ2v) is 8.09. The first-order valence-electron chi connectivity index (χ1n) is 9.15. The molecule has 2 heterocycles. The summed E-state index contributed by atoms with van der Waals surface area (Å²) in [5.74, 6) is 0.827. The molecule has 8 heteroatoms. The second-order valence-electron chi connectivity index (χ2n) is 6.73. The van der Waals surface area contributed by atoms with E-state index < -0.39 is 0 Å². The minimum atomic E-state index is -0.364. The number of benzene rings is 1. The van der Waals surface area contributed by atoms with Gasteiger partial charge in [-0.3, -0.25) is 4.90 Å². The van der Waals surface area contributed by atoms with Crippen molar-refractivity contribution >= 4 is 40.3 Å². The molecule has 0 radical (unpaired) electrons. The Bertz CT molecular complexity index is 938. The summed E-state index contributed by atoms with van der Waals surface area (Å²) in [4.78, 5) is 15.8. The van der Waals surface area contributed by atoms with Crippen molar-refractivity contribution in [1.82, 2.24) is 5.32 Å². The van der Waals surface area contributed by atoms with E-state index in [9.17, 15) is 4.79 Å². The molecule has 0 unspecified atom stereocenters. The number of ether oxygens (including phenoxy) is 3. The van der Waals surface area contributed by atoms with E-state index in [-0.39, 0.29) is 18.1 Å². The molecule has 0 aliphatic carbocycles. The maximum atomic E-state index is 13.0. The van der Waals surface area contributed by atoms with Crippen molar-refractivity contribution in [2.75, 3.05) is 19.1 Å². The van der Waals surface area contributed by atoms with Gasteiger partial charge in [-0.05, 0) is 56.6 Å². The zero-order chi connectivity index (χ0) is 21.1. The van der Waals surface area contributed by atoms with Gasteiger partial charge in [0.05, 0.1) is 37.6 Å². The number of methoxy groups -OCH3 is 2. The Morgan fingerprint density at radius 1 is 1.21 bits per heavy atom. The highest BCUT2D eigenvalue weighted by Crippen LogP contribution is 2.38. The Kier molecular flexibility index (Phi) is 6.44. The van der Waals surface area contributed by atoms with Crippen LogP contribution in [0, 0.1) is 0 Å². The van der Waals surface area contributed by atoms with E-state index in [1.165, 1.54) is 0 Å². The fourth-order valence-corrected chi connectivity index (χ4v) is 4.37. The van der Waals surface area contributed by atoms with Crippen LogP contribution in [-0.4, -0.2) is 31.4 Å². The first-order valence-corrected chi connectivity index (χ1v) is 10.4. The largest absolute Gasteiger partial charge is 0.493 e. The lowest BCUT2D eigenvalue weighted by molar-refractivity contribution is -0.143. The molecule has 1 aromatic heterocycles. The predicted octanol–water partition coefficient (Wildman–Crippen LogP) is 4.43. The van der Waals surface area contributed by atoms with Crippen LogP contribution in [0.15, 0.2) is 47.0 Å². The molecule has 154 valence electrons. The van der Waals surface area contributed by atoms with Gasteiger partial charge in [0.25, 0.3) is 0 Å². The Morgan fingerprint density at radius 2 is 1.93 bits per heavy atom. The number of nitrogens with zero attached hydrogens (tertiary/aromatic N) is 1. The lowest BCUT2D eigenvalue weighted by Gasteiger charge is -2.37. The van der Waals surface area contributed by atoms with Crippen LogP contribution in [-0.2, 0) is 9.53 Å². The van der Waals surface area contributed by atoms with Gasteiger partial charge in [-0.1, -0.05) is 6.07 Å². The van der Waals surface area contributed by atoms with E-state index in [1.54, 1.807) is 25.6 Å². The summed E-state index contributed by atoms with van der Waals surface area (Å²) in [6.07, 6.45) is -0.227. The average Bonchev–Trinajstić information content (AvgIpc) is 3.21. The highest BCUT2D eigenvalue weighted by Gasteiger charge is 2.36. The van der Waals surface area contributed by atoms with Crippen molar-refractivity contribution in [3.63, 3.8) is 0 Å². The topological polar surface area (TPSA) is 60.0 Å². The molecular formula is C21H24N2O4S2. The second kappa shape index (κ2) is 8.84. The highest BCUT2D eigenvalue weighted by atomic mass is 32.1. The van der Waals surface area contributed by atoms with E-state index in [1.807, 2.05) is 61.4 Å². The van der Waals surface area contributed by atoms with Crippen LogP contribution < -0.4 is 19.7 Å². The van der Waals surface area contributed by atoms with Crippen LogP contribution in [0.25, 0.3) is 0 Å². The number of nitrogens with one attached hydrogen (secondary N) is 1. The number of anilines is 1. The molecule has 1 aliphatic heterocycles. The van der Waals surface area contributed by atoms with E-state index in [2.05, 4.69) is 5.32 Å². The first-order chi connectivity index (χ1) is 13.9. The Morgan fingerprint density at radius 3 is 2.52 bits per heavy atom. The van der Waals surface area contributed by atoms with Gasteiger partial charge in [0, 0.05) is 16.6 Å². The molecule has 0 saturated heterocycles. The highest BCUT2D eigenvalue weighted by molar-refractivity contribution is 7.80. The lowest BCUT2D eigenvalue weighted by Crippen LogP contribution is -2.48. The fourth-order valence-electron chi connectivity index (χ4n) is 3.23. The van der Waals surface area contributed by atoms with Crippen LogP contribution in [0.2, 0.25) is 0 Å². The van der Waals surface area contributed by atoms with Crippen molar-refractivity contribution < 1.29 is 19.0 Å². The van der Waals surface area contributed by atoms with E-state index >= 15 is 0 Å². The molecule has 0 amide bonds. The third-order valence-electron chi connectivity index (χ3n) is 4.50. The molecule has 29 heavy (non-hydrogen) atoms. The molecule has 0 bridgehead atoms. The minimum Gasteiger partial charge on any atom is -0.493 e. The van der Waals surface area contributed by atoms with E-state index in [0.717, 1.165) is 10.6 Å². The van der Waals surface area contributed by atoms with Gasteiger partial charge in [-0.25, -0.2) is 4.79 Å². The zero-order valence-electron chi connectivity index (χ0n) is 17.0. The smallest absolute Gasteiger partial charge is 0.338 e. The van der Waals surface area contributed by atoms with Gasteiger partial charge in [0.2, 0.25) is 0 Å². The molecule has 1 aliphatic rings. The quantitative estimate of drug-likeness (QED) is 0.535. The number of hydrogen-bond acceptors (Lipinski definition) is 6. The summed E-state index contributed by atoms with van der Waals surface area (Å²) >= 11 is 7.23. The number of rotatable bonds is 6. The van der Waals surface area contributed by atoms with Crippen molar-refractivity contribution in [1.29, 1.82) is 0 Å². The van der Waals surface area contributed by atoms with Crippen LogP contribution in [0.5, 0.6) is 11.5 Å². The van der Waals surface area contributed by atoms with Gasteiger partial charge in [0.15, 0.2) is 16.6 Å². The number of hydrogen-bond donors (Lipinski definition) is 1. The van der Waals surface area contributed by atoms with Gasteiger partial charge < -0.3 is 19.5 Å². The van der Waals surface area contributed by atoms with E-state index in [0.29, 0.717) is 27.9 Å². The Balaban J connectivity index is 2.12. The Labute approximate surface area is 180 Å². The summed E-state index contributed by atoms with van der Waals surface area (Å²) in [5.41, 5.74) is 2.01. The maximum Gasteiger partial charge on any atom is 0.338 e. The molecule has 1 N–H and O–H groups in total. The normalized spacial score (nSPS) is 16.7. The predicted molar refractivity (Wildman–Crippen MR) is 119 cm³/mol. The average molecular weight is 433 g/mol. The maximum absolute atomic E-state index is 13.0. The number of esters is 1. The zero-order valence-corrected chi connectivity index (χ0v) is 18.6. The third-order valence-corrected chi connectivity index (χ3v) is 5.74. The first kappa shape index (κ1) is 21.1. The van der Waals surface area contributed by atoms with Gasteiger partial charge in [-0.15, -0.1) is 11.3 Å². The number of thiocarbonyl (C=S) groups is 1. The molecular weight excluding hydrogens is 408 g/mol. The molecule has 1 aromatic carbocycles. The van der Waals surface area contributed by atoms with Crippen LogP contribution in [0.3, 0.4) is 0 Å². The number of carbonyl (C=O) groups excluding carboxylic acids is 1. The number of thiophene rings is 1. The van der Waals surface area contributed by atoms with Crippen molar-refractivity contribution in [3.8, 4) is 11.5 Å². The van der Waals surface area contributed by atoms with Gasteiger partial charge in [0.1, 0.15) is 0 Å².